The van der Waals surface area contributed by atoms with Gasteiger partial charge in [-0.2, -0.15) is 5.26 Å². The lowest BCUT2D eigenvalue weighted by atomic mass is 9.90. The molecule has 0 saturated heterocycles. The summed E-state index contributed by atoms with van der Waals surface area (Å²) in [7, 11) is 0. The van der Waals surface area contributed by atoms with Gasteiger partial charge in [0.05, 0.1) is 24.7 Å². The Balaban J connectivity index is 2.52. The number of esters is 1. The lowest BCUT2D eigenvalue weighted by Crippen LogP contribution is -2.19. The van der Waals surface area contributed by atoms with Crippen molar-refractivity contribution in [2.24, 2.45) is 5.73 Å². The summed E-state index contributed by atoms with van der Waals surface area (Å²) in [5, 5.41) is 9.11. The van der Waals surface area contributed by atoms with Gasteiger partial charge in [-0.1, -0.05) is 0 Å². The molecule has 0 aliphatic rings. The maximum absolute atomic E-state index is 14.6. The Kier molecular flexibility index (Phi) is 6.12. The predicted molar refractivity (Wildman–Crippen MR) is 98.9 cm³/mol. The molecule has 2 N–H and O–H groups in total. The van der Waals surface area contributed by atoms with E-state index in [4.69, 9.17) is 15.7 Å². The van der Waals surface area contributed by atoms with Crippen molar-refractivity contribution in [1.29, 1.82) is 5.26 Å². The normalized spacial score (nSPS) is 11.7. The first-order valence-corrected chi connectivity index (χ1v) is 8.51. The van der Waals surface area contributed by atoms with Crippen LogP contribution in [-0.2, 0) is 9.53 Å². The number of nitrogens with two attached hydrogens (primary N) is 1. The summed E-state index contributed by atoms with van der Waals surface area (Å²) in [6, 6.07) is 8.41. The number of carbonyl (C=O) groups excluding carboxylic acids is 1. The van der Waals surface area contributed by atoms with Crippen LogP contribution in [0.5, 0.6) is 0 Å². The fourth-order valence-electron chi connectivity index (χ4n) is 3.20. The molecule has 0 bridgehead atoms. The number of hydrogen-bond donors (Lipinski definition) is 1. The van der Waals surface area contributed by atoms with Gasteiger partial charge in [0.25, 0.3) is 0 Å². The molecule has 4 nitrogen and oxygen atoms in total. The van der Waals surface area contributed by atoms with Crippen LogP contribution >= 0.6 is 0 Å². The summed E-state index contributed by atoms with van der Waals surface area (Å²) in [4.78, 5) is 11.7. The molecule has 0 saturated carbocycles. The number of halogens is 1. The summed E-state index contributed by atoms with van der Waals surface area (Å²) in [5.74, 6) is -0.859. The monoisotopic (exact) mass is 354 g/mol. The van der Waals surface area contributed by atoms with Crippen molar-refractivity contribution in [2.75, 3.05) is 6.61 Å². The maximum Gasteiger partial charge on any atom is 0.307 e. The van der Waals surface area contributed by atoms with Gasteiger partial charge < -0.3 is 10.5 Å². The van der Waals surface area contributed by atoms with Crippen LogP contribution in [0.4, 0.5) is 4.39 Å². The number of carbonyl (C=O) groups is 1. The van der Waals surface area contributed by atoms with Crippen molar-refractivity contribution < 1.29 is 13.9 Å². The topological polar surface area (TPSA) is 76.1 Å². The van der Waals surface area contributed by atoms with E-state index in [1.807, 2.05) is 13.8 Å². The van der Waals surface area contributed by atoms with Crippen LogP contribution in [-0.4, -0.2) is 12.6 Å². The molecule has 0 aliphatic carbocycles. The van der Waals surface area contributed by atoms with Gasteiger partial charge in [0.1, 0.15) is 5.82 Å². The Hall–Kier alpha value is -2.71. The second-order valence-electron chi connectivity index (χ2n) is 6.41. The SMILES string of the molecule is CCOC(=O)CC(N)c1cc(-c2c(C)cc(C#N)cc2C)cc(C)c1F. The van der Waals surface area contributed by atoms with Crippen LogP contribution in [0.2, 0.25) is 0 Å². The molecule has 0 spiro atoms. The molecule has 5 heteroatoms. The molecule has 1 atom stereocenters. The van der Waals surface area contributed by atoms with Gasteiger partial charge in [-0.3, -0.25) is 4.79 Å². The molecule has 2 rings (SSSR count). The van der Waals surface area contributed by atoms with Gasteiger partial charge >= 0.3 is 5.97 Å². The van der Waals surface area contributed by atoms with Crippen LogP contribution in [0.1, 0.15) is 47.2 Å². The predicted octanol–water partition coefficient (Wildman–Crippen LogP) is 4.24. The molecule has 0 fully saturated rings. The van der Waals surface area contributed by atoms with Crippen LogP contribution < -0.4 is 5.73 Å². The summed E-state index contributed by atoms with van der Waals surface area (Å²) in [6.07, 6.45) is -0.0843. The van der Waals surface area contributed by atoms with E-state index in [-0.39, 0.29) is 18.6 Å². The highest BCUT2D eigenvalue weighted by atomic mass is 19.1. The van der Waals surface area contributed by atoms with Crippen LogP contribution in [0.3, 0.4) is 0 Å². The van der Waals surface area contributed by atoms with Gasteiger partial charge in [0.2, 0.25) is 0 Å². The third-order valence-corrected chi connectivity index (χ3v) is 4.32. The average molecular weight is 354 g/mol. The molecule has 0 amide bonds. The highest BCUT2D eigenvalue weighted by Crippen LogP contribution is 2.33. The minimum absolute atomic E-state index is 0.0843. The van der Waals surface area contributed by atoms with E-state index in [1.165, 1.54) is 0 Å². The average Bonchev–Trinajstić information content (AvgIpc) is 2.57. The number of nitrogens with zero attached hydrogens (tertiary/aromatic N) is 1. The number of hydrogen-bond acceptors (Lipinski definition) is 4. The van der Waals surface area contributed by atoms with Gasteiger partial charge in [-0.25, -0.2) is 4.39 Å². The third kappa shape index (κ3) is 4.09. The molecule has 136 valence electrons. The van der Waals surface area contributed by atoms with Gasteiger partial charge in [-0.05, 0) is 79.8 Å². The Morgan fingerprint density at radius 2 is 1.81 bits per heavy atom. The number of ether oxygens (including phenoxy) is 1. The first kappa shape index (κ1) is 19.6. The fraction of sp³-hybridized carbons (Fsp3) is 0.333. The van der Waals surface area contributed by atoms with Crippen LogP contribution in [0, 0.1) is 37.9 Å². The molecule has 26 heavy (non-hydrogen) atoms. The second kappa shape index (κ2) is 8.11. The van der Waals surface area contributed by atoms with Gasteiger partial charge in [0, 0.05) is 11.6 Å². The lowest BCUT2D eigenvalue weighted by molar-refractivity contribution is -0.143. The molecular formula is C21H23FN2O2. The molecule has 0 aliphatic heterocycles. The smallest absolute Gasteiger partial charge is 0.307 e. The van der Waals surface area contributed by atoms with Crippen molar-refractivity contribution in [3.8, 4) is 17.2 Å². The van der Waals surface area contributed by atoms with Crippen molar-refractivity contribution in [3.63, 3.8) is 0 Å². The molecule has 2 aromatic rings. The number of benzene rings is 2. The summed E-state index contributed by atoms with van der Waals surface area (Å²) >= 11 is 0. The minimum atomic E-state index is -0.785. The Bertz CT molecular complexity index is 861. The molecule has 0 aromatic heterocycles. The lowest BCUT2D eigenvalue weighted by Gasteiger charge is -2.18. The van der Waals surface area contributed by atoms with E-state index >= 15 is 0 Å². The van der Waals surface area contributed by atoms with Crippen LogP contribution in [0.25, 0.3) is 11.1 Å². The zero-order valence-corrected chi connectivity index (χ0v) is 15.5. The Morgan fingerprint density at radius 1 is 1.19 bits per heavy atom. The zero-order chi connectivity index (χ0) is 19.4. The first-order valence-electron chi connectivity index (χ1n) is 8.51. The van der Waals surface area contributed by atoms with E-state index in [2.05, 4.69) is 6.07 Å². The Labute approximate surface area is 153 Å². The highest BCUT2D eigenvalue weighted by molar-refractivity contribution is 5.74. The van der Waals surface area contributed by atoms with E-state index in [9.17, 15) is 9.18 Å². The Morgan fingerprint density at radius 3 is 2.35 bits per heavy atom. The minimum Gasteiger partial charge on any atom is -0.466 e. The van der Waals surface area contributed by atoms with Crippen molar-refractivity contribution in [2.45, 2.75) is 40.2 Å². The first-order chi connectivity index (χ1) is 12.3. The second-order valence-corrected chi connectivity index (χ2v) is 6.41. The largest absolute Gasteiger partial charge is 0.466 e. The molecule has 2 aromatic carbocycles. The van der Waals surface area contributed by atoms with E-state index in [0.717, 1.165) is 22.3 Å². The molecule has 1 unspecified atom stereocenters. The molecule has 0 heterocycles. The molecule has 0 radical (unpaired) electrons. The number of rotatable bonds is 5. The quantitative estimate of drug-likeness (QED) is 0.815. The van der Waals surface area contributed by atoms with E-state index in [1.54, 1.807) is 38.1 Å². The maximum atomic E-state index is 14.6. The number of aryl methyl sites for hydroxylation is 3. The van der Waals surface area contributed by atoms with Crippen molar-refractivity contribution in [1.82, 2.24) is 0 Å². The number of nitriles is 1. The summed E-state index contributed by atoms with van der Waals surface area (Å²) in [5.41, 5.74) is 11.0. The summed E-state index contributed by atoms with van der Waals surface area (Å²) in [6.45, 7) is 7.48. The third-order valence-electron chi connectivity index (χ3n) is 4.32. The van der Waals surface area contributed by atoms with E-state index in [0.29, 0.717) is 11.1 Å². The zero-order valence-electron chi connectivity index (χ0n) is 15.5. The van der Waals surface area contributed by atoms with Crippen molar-refractivity contribution in [3.05, 3.63) is 57.9 Å². The standard InChI is InChI=1S/C21H23FN2O2/c1-5-26-19(25)10-18(24)17-9-16(8-14(4)21(17)22)20-12(2)6-15(11-23)7-13(20)3/h6-9,18H,5,10,24H2,1-4H3. The fourth-order valence-corrected chi connectivity index (χ4v) is 3.20. The molecular weight excluding hydrogens is 331 g/mol. The highest BCUT2D eigenvalue weighted by Gasteiger charge is 2.20. The summed E-state index contributed by atoms with van der Waals surface area (Å²) < 4.78 is 19.5. The van der Waals surface area contributed by atoms with Crippen LogP contribution in [0.15, 0.2) is 24.3 Å². The van der Waals surface area contributed by atoms with E-state index < -0.39 is 17.8 Å². The van der Waals surface area contributed by atoms with Crippen molar-refractivity contribution >= 4 is 5.97 Å². The van der Waals surface area contributed by atoms with Gasteiger partial charge in [0.15, 0.2) is 0 Å². The van der Waals surface area contributed by atoms with Gasteiger partial charge in [-0.15, -0.1) is 0 Å².